The zero-order valence-corrected chi connectivity index (χ0v) is 20.6. The van der Waals surface area contributed by atoms with Crippen LogP contribution in [0.1, 0.15) is 39.1 Å². The van der Waals surface area contributed by atoms with E-state index in [1.165, 1.54) is 36.1 Å². The number of anilines is 2. The molecule has 0 fully saturated rings. The number of hydrogen-bond donors (Lipinski definition) is 2. The van der Waals surface area contributed by atoms with Crippen LogP contribution in [-0.2, 0) is 28.9 Å². The van der Waals surface area contributed by atoms with Crippen LogP contribution in [0.3, 0.4) is 0 Å². The number of thiazole rings is 1. The maximum absolute atomic E-state index is 13.7. The van der Waals surface area contributed by atoms with Gasteiger partial charge in [0.15, 0.2) is 11.4 Å². The summed E-state index contributed by atoms with van der Waals surface area (Å²) in [6.45, 7) is 0.763. The van der Waals surface area contributed by atoms with Gasteiger partial charge in [-0.2, -0.15) is 36.3 Å². The van der Waals surface area contributed by atoms with Gasteiger partial charge in [0.25, 0.3) is 0 Å². The molecule has 7 nitrogen and oxygen atoms in total. The number of rotatable bonds is 7. The number of hydrogen-bond acceptors (Lipinski definition) is 7. The summed E-state index contributed by atoms with van der Waals surface area (Å²) in [4.78, 5) is 5.66. The minimum atomic E-state index is -4.96. The fourth-order valence-corrected chi connectivity index (χ4v) is 4.83. The van der Waals surface area contributed by atoms with Gasteiger partial charge in [0, 0.05) is 10.6 Å². The number of nitrogens with zero attached hydrogens (tertiary/aromatic N) is 3. The van der Waals surface area contributed by atoms with E-state index in [1.807, 2.05) is 10.8 Å². The van der Waals surface area contributed by atoms with Crippen molar-refractivity contribution in [1.29, 1.82) is 5.26 Å². The summed E-state index contributed by atoms with van der Waals surface area (Å²) in [7, 11) is -3.86. The van der Waals surface area contributed by atoms with Gasteiger partial charge >= 0.3 is 12.4 Å². The Hall–Kier alpha value is -3.19. The first-order chi connectivity index (χ1) is 17.0. The third-order valence-electron chi connectivity index (χ3n) is 5.01. The quantitative estimate of drug-likeness (QED) is 0.300. The average molecular weight is 565 g/mol. The normalized spacial score (nSPS) is 13.3. The highest BCUT2D eigenvalue weighted by Crippen LogP contribution is 2.40. The van der Waals surface area contributed by atoms with Crippen molar-refractivity contribution in [2.24, 2.45) is 0 Å². The lowest BCUT2D eigenvalue weighted by atomic mass is 10.0. The van der Waals surface area contributed by atoms with E-state index in [-0.39, 0.29) is 22.1 Å². The number of nitrogens with one attached hydrogen (secondary N) is 1. The van der Waals surface area contributed by atoms with Crippen LogP contribution in [-0.4, -0.2) is 24.8 Å². The van der Waals surface area contributed by atoms with Gasteiger partial charge in [0.1, 0.15) is 5.69 Å². The SMILES string of the molecule is Cc1sc(N(Cc2cc(C(F)(F)F)ccc2C(F)(F)F)c2ccc(C#N)cc2)nc1C(O)NS(C)(=O)=O. The molecule has 0 aliphatic heterocycles. The highest BCUT2D eigenvalue weighted by atomic mass is 32.2. The molecule has 3 rings (SSSR count). The van der Waals surface area contributed by atoms with E-state index in [9.17, 15) is 39.9 Å². The van der Waals surface area contributed by atoms with Crippen LogP contribution < -0.4 is 9.62 Å². The highest BCUT2D eigenvalue weighted by Gasteiger charge is 2.37. The Morgan fingerprint density at radius 2 is 1.73 bits per heavy atom. The predicted octanol–water partition coefficient (Wildman–Crippen LogP) is 5.24. The molecule has 0 aliphatic carbocycles. The first-order valence-electron chi connectivity index (χ1n) is 10.2. The second-order valence-corrected chi connectivity index (χ2v) is 10.8. The molecule has 1 heterocycles. The lowest BCUT2D eigenvalue weighted by Gasteiger charge is -2.25. The third kappa shape index (κ3) is 6.98. The molecule has 2 N–H and O–H groups in total. The minimum absolute atomic E-state index is 0.0305. The molecule has 1 unspecified atom stereocenters. The number of aryl methyl sites for hydroxylation is 1. The second kappa shape index (κ2) is 10.3. The predicted molar refractivity (Wildman–Crippen MR) is 123 cm³/mol. The molecule has 0 spiro atoms. The van der Waals surface area contributed by atoms with E-state index >= 15 is 0 Å². The van der Waals surface area contributed by atoms with Gasteiger partial charge in [-0.3, -0.25) is 0 Å². The van der Waals surface area contributed by atoms with Crippen molar-refractivity contribution >= 4 is 32.2 Å². The topological polar surface area (TPSA) is 106 Å². The zero-order valence-electron chi connectivity index (χ0n) is 19.0. The lowest BCUT2D eigenvalue weighted by molar-refractivity contribution is -0.141. The molecule has 1 aromatic heterocycles. The van der Waals surface area contributed by atoms with Gasteiger partial charge in [0.2, 0.25) is 10.0 Å². The van der Waals surface area contributed by atoms with Crippen LogP contribution in [0.5, 0.6) is 0 Å². The maximum atomic E-state index is 13.7. The van der Waals surface area contributed by atoms with E-state index in [4.69, 9.17) is 5.26 Å². The van der Waals surface area contributed by atoms with Gasteiger partial charge in [0.05, 0.1) is 35.6 Å². The smallest absolute Gasteiger partial charge is 0.372 e. The summed E-state index contributed by atoms with van der Waals surface area (Å²) in [5.74, 6) is 0. The summed E-state index contributed by atoms with van der Waals surface area (Å²) in [6.07, 6.45) is -10.8. The Morgan fingerprint density at radius 3 is 2.24 bits per heavy atom. The zero-order chi connectivity index (χ0) is 27.8. The summed E-state index contributed by atoms with van der Waals surface area (Å²) >= 11 is 0.875. The Balaban J connectivity index is 2.17. The Bertz CT molecular complexity index is 1430. The van der Waals surface area contributed by atoms with E-state index in [1.54, 1.807) is 0 Å². The Kier molecular flexibility index (Phi) is 7.89. The van der Waals surface area contributed by atoms with Crippen molar-refractivity contribution in [3.05, 3.63) is 75.3 Å². The van der Waals surface area contributed by atoms with Crippen LogP contribution >= 0.6 is 11.3 Å². The van der Waals surface area contributed by atoms with E-state index < -0.39 is 51.8 Å². The molecule has 3 aromatic rings. The van der Waals surface area contributed by atoms with Crippen molar-refractivity contribution in [2.45, 2.75) is 32.0 Å². The number of benzene rings is 2. The van der Waals surface area contributed by atoms with Crippen molar-refractivity contribution in [2.75, 3.05) is 11.2 Å². The number of alkyl halides is 6. The first kappa shape index (κ1) is 28.4. The number of aromatic nitrogens is 1. The molecule has 0 bridgehead atoms. The fraction of sp³-hybridized carbons (Fsp3) is 0.273. The minimum Gasteiger partial charge on any atom is -0.372 e. The van der Waals surface area contributed by atoms with Crippen LogP contribution in [0.4, 0.5) is 37.2 Å². The van der Waals surface area contributed by atoms with Crippen molar-refractivity contribution in [3.8, 4) is 6.07 Å². The fourth-order valence-electron chi connectivity index (χ4n) is 3.35. The summed E-state index contributed by atoms with van der Waals surface area (Å²) < 4.78 is 106. The molecule has 0 amide bonds. The molecule has 37 heavy (non-hydrogen) atoms. The number of sulfonamides is 1. The molecule has 15 heteroatoms. The molecule has 198 valence electrons. The molecule has 0 radical (unpaired) electrons. The van der Waals surface area contributed by atoms with Crippen molar-refractivity contribution < 1.29 is 39.9 Å². The van der Waals surface area contributed by atoms with E-state index in [0.717, 1.165) is 17.6 Å². The molecule has 0 aliphatic rings. The number of aliphatic hydroxyl groups excluding tert-OH is 1. The van der Waals surface area contributed by atoms with Crippen LogP contribution in [0.2, 0.25) is 0 Å². The molecular weight excluding hydrogens is 546 g/mol. The van der Waals surface area contributed by atoms with E-state index in [2.05, 4.69) is 4.98 Å². The number of halogens is 6. The van der Waals surface area contributed by atoms with Gasteiger partial charge < -0.3 is 10.0 Å². The largest absolute Gasteiger partial charge is 0.416 e. The van der Waals surface area contributed by atoms with Gasteiger partial charge in [-0.15, -0.1) is 11.3 Å². The first-order valence-corrected chi connectivity index (χ1v) is 12.9. The molecular formula is C22H18F6N4O3S2. The highest BCUT2D eigenvalue weighted by molar-refractivity contribution is 7.88. The van der Waals surface area contributed by atoms with E-state index in [0.29, 0.717) is 23.1 Å². The van der Waals surface area contributed by atoms with Gasteiger partial charge in [-0.05, 0) is 55.0 Å². The standard InChI is InChI=1S/C22H18F6N4O3S2/c1-12-18(19(33)31-37(2,34)35)30-20(36-12)32(16-6-3-13(10-29)4-7-16)11-14-9-15(21(23,24)25)5-8-17(14)22(26,27)28/h3-9,19,31,33H,11H2,1-2H3. The van der Waals surface area contributed by atoms with Crippen molar-refractivity contribution in [3.63, 3.8) is 0 Å². The maximum Gasteiger partial charge on any atom is 0.416 e. The van der Waals surface area contributed by atoms with Crippen molar-refractivity contribution in [1.82, 2.24) is 9.71 Å². The Labute approximate surface area is 211 Å². The lowest BCUT2D eigenvalue weighted by Crippen LogP contribution is -2.28. The van der Waals surface area contributed by atoms with Gasteiger partial charge in [-0.25, -0.2) is 13.4 Å². The van der Waals surface area contributed by atoms with Crippen LogP contribution in [0.15, 0.2) is 42.5 Å². The van der Waals surface area contributed by atoms with Gasteiger partial charge in [-0.1, -0.05) is 0 Å². The molecule has 1 atom stereocenters. The monoisotopic (exact) mass is 564 g/mol. The van der Waals surface area contributed by atoms with Crippen LogP contribution in [0.25, 0.3) is 0 Å². The summed E-state index contributed by atoms with van der Waals surface area (Å²) in [6, 6.07) is 8.46. The Morgan fingerprint density at radius 1 is 1.11 bits per heavy atom. The summed E-state index contributed by atoms with van der Waals surface area (Å²) in [5, 5.41) is 19.3. The summed E-state index contributed by atoms with van der Waals surface area (Å²) in [5.41, 5.74) is -2.98. The third-order valence-corrected chi connectivity index (χ3v) is 6.67. The number of nitriles is 1. The van der Waals surface area contributed by atoms with Crippen LogP contribution in [0, 0.1) is 18.3 Å². The second-order valence-electron chi connectivity index (χ2n) is 7.84. The average Bonchev–Trinajstić information content (AvgIpc) is 3.16. The number of aliphatic hydroxyl groups is 1. The molecule has 0 saturated heterocycles. The molecule has 0 saturated carbocycles. The molecule has 2 aromatic carbocycles.